The van der Waals surface area contributed by atoms with E-state index < -0.39 is 24.2 Å². The highest BCUT2D eigenvalue weighted by molar-refractivity contribution is 6.95. The first-order valence-electron chi connectivity index (χ1n) is 19.7. The van der Waals surface area contributed by atoms with E-state index >= 15 is 0 Å². The molecular weight excluding hydrogens is 667 g/mol. The van der Waals surface area contributed by atoms with Crippen LogP contribution < -0.4 is 15.6 Å². The Bertz CT molecular complexity index is 1610. The second-order valence-electron chi connectivity index (χ2n) is 18.7. The summed E-state index contributed by atoms with van der Waals surface area (Å²) in [6.07, 6.45) is 0. The third-order valence-electron chi connectivity index (χ3n) is 13.4. The number of benzene rings is 3. The van der Waals surface area contributed by atoms with E-state index in [1.165, 1.54) is 15.6 Å². The molecule has 0 saturated heterocycles. The van der Waals surface area contributed by atoms with Crippen LogP contribution in [0.5, 0.6) is 0 Å². The van der Waals surface area contributed by atoms with E-state index in [9.17, 15) is 0 Å². The van der Waals surface area contributed by atoms with Crippen molar-refractivity contribution in [2.24, 2.45) is 0 Å². The van der Waals surface area contributed by atoms with Crippen LogP contribution in [0.15, 0.2) is 72.8 Å². The minimum absolute atomic E-state index is 0.267. The Balaban J connectivity index is 1.89. The first-order chi connectivity index (χ1) is 23.6. The van der Waals surface area contributed by atoms with E-state index in [0.29, 0.717) is 33.2 Å². The predicted molar refractivity (Wildman–Crippen MR) is 234 cm³/mol. The molecule has 3 nitrogen and oxygen atoms in total. The number of rotatable bonds is 12. The van der Waals surface area contributed by atoms with Gasteiger partial charge in [0.15, 0.2) is 17.5 Å². The van der Waals surface area contributed by atoms with E-state index in [1.54, 1.807) is 0 Å². The highest BCUT2D eigenvalue weighted by atomic mass is 28.3. The molecule has 0 atom stereocenters. The molecule has 3 aromatic carbocycles. The smallest absolute Gasteiger partial charge is 0.164 e. The predicted octanol–water partition coefficient (Wildman–Crippen LogP) is 12.4. The lowest BCUT2D eigenvalue weighted by Crippen LogP contribution is -2.55. The van der Waals surface area contributed by atoms with Crippen molar-refractivity contribution in [2.45, 2.75) is 155 Å². The van der Waals surface area contributed by atoms with Gasteiger partial charge in [0.05, 0.1) is 24.2 Å². The standard InChI is InChI=1S/C45H69N3Si3/c1-30(2)50(31(3)4,32(5)6)40-26-20-37(21-27-40)43-46-42(36-18-24-39(25-19-36)49(16,17)45(13,14)15)47-44(48-43)38-22-28-41(29-23-38)51(33(7)8,34(9)10)35(11)12/h18-35H,1-17H3. The third-order valence-corrected chi connectivity index (χ3v) is 33.1. The second kappa shape index (κ2) is 15.4. The lowest BCUT2D eigenvalue weighted by molar-refractivity contribution is 0.729. The average molecular weight is 736 g/mol. The highest BCUT2D eigenvalue weighted by Gasteiger charge is 2.45. The summed E-state index contributed by atoms with van der Waals surface area (Å²) in [7, 11) is -5.23. The van der Waals surface area contributed by atoms with Gasteiger partial charge in [-0.25, -0.2) is 15.0 Å². The highest BCUT2D eigenvalue weighted by Crippen LogP contribution is 2.43. The van der Waals surface area contributed by atoms with Crippen molar-refractivity contribution in [3.8, 4) is 34.2 Å². The molecule has 0 unspecified atom stereocenters. The molecule has 1 aromatic heterocycles. The van der Waals surface area contributed by atoms with Crippen molar-refractivity contribution in [3.05, 3.63) is 72.8 Å². The molecule has 276 valence electrons. The van der Waals surface area contributed by atoms with Crippen LogP contribution in [0.1, 0.15) is 104 Å². The Morgan fingerprint density at radius 3 is 0.784 bits per heavy atom. The molecule has 0 N–H and O–H groups in total. The molecule has 0 aliphatic carbocycles. The van der Waals surface area contributed by atoms with Crippen LogP contribution in [0.4, 0.5) is 0 Å². The third kappa shape index (κ3) is 7.44. The maximum atomic E-state index is 5.19. The van der Waals surface area contributed by atoms with Gasteiger partial charge in [0.25, 0.3) is 0 Å². The first kappa shape index (κ1) is 41.1. The zero-order valence-electron chi connectivity index (χ0n) is 35.2. The summed E-state index contributed by atoms with van der Waals surface area (Å²) in [5.74, 6) is 2.20. The number of aromatic nitrogens is 3. The molecule has 0 aliphatic rings. The molecule has 0 amide bonds. The molecule has 51 heavy (non-hydrogen) atoms. The molecule has 4 aromatic rings. The summed E-state index contributed by atoms with van der Waals surface area (Å²) in [6.45, 7) is 41.3. The maximum absolute atomic E-state index is 5.19. The van der Waals surface area contributed by atoms with Crippen molar-refractivity contribution in [1.29, 1.82) is 0 Å². The summed E-state index contributed by atoms with van der Waals surface area (Å²) in [5, 5.41) is 4.79. The Hall–Kier alpha value is -2.68. The Morgan fingerprint density at radius 1 is 0.373 bits per heavy atom. The van der Waals surface area contributed by atoms with Gasteiger partial charge in [0.2, 0.25) is 0 Å². The van der Waals surface area contributed by atoms with Crippen molar-refractivity contribution in [1.82, 2.24) is 15.0 Å². The molecular formula is C45H69N3Si3. The van der Waals surface area contributed by atoms with Gasteiger partial charge in [-0.05, 0) is 38.3 Å². The molecule has 1 heterocycles. The van der Waals surface area contributed by atoms with E-state index in [-0.39, 0.29) is 5.04 Å². The lowest BCUT2D eigenvalue weighted by atomic mass is 10.1. The zero-order valence-corrected chi connectivity index (χ0v) is 38.2. The van der Waals surface area contributed by atoms with Gasteiger partial charge in [0.1, 0.15) is 0 Å². The van der Waals surface area contributed by atoms with Crippen LogP contribution >= 0.6 is 0 Å². The molecule has 0 bridgehead atoms. The van der Waals surface area contributed by atoms with Gasteiger partial charge in [-0.3, -0.25) is 0 Å². The van der Waals surface area contributed by atoms with E-state index in [2.05, 4.69) is 190 Å². The first-order valence-corrected chi connectivity index (χ1v) is 27.2. The van der Waals surface area contributed by atoms with Crippen molar-refractivity contribution >= 4 is 39.8 Å². The Morgan fingerprint density at radius 2 is 0.588 bits per heavy atom. The molecule has 0 spiro atoms. The summed E-state index contributed by atoms with van der Waals surface area (Å²) in [5.41, 5.74) is 7.04. The summed E-state index contributed by atoms with van der Waals surface area (Å²) >= 11 is 0. The molecule has 0 aliphatic heterocycles. The van der Waals surface area contributed by atoms with Gasteiger partial charge >= 0.3 is 0 Å². The second-order valence-corrected chi connectivity index (χ2v) is 35.8. The quantitative estimate of drug-likeness (QED) is 0.136. The number of hydrogen-bond acceptors (Lipinski definition) is 3. The fraction of sp³-hybridized carbons (Fsp3) is 0.533. The van der Waals surface area contributed by atoms with E-state index in [4.69, 9.17) is 15.0 Å². The van der Waals surface area contributed by atoms with Crippen LogP contribution in [0, 0.1) is 0 Å². The van der Waals surface area contributed by atoms with Gasteiger partial charge in [-0.2, -0.15) is 0 Å². The van der Waals surface area contributed by atoms with Crippen LogP contribution in [-0.2, 0) is 0 Å². The van der Waals surface area contributed by atoms with Crippen LogP contribution in [0.3, 0.4) is 0 Å². The molecule has 6 heteroatoms. The fourth-order valence-electron chi connectivity index (χ4n) is 10.0. The fourth-order valence-corrected chi connectivity index (χ4v) is 25.4. The zero-order chi connectivity index (χ0) is 38.3. The van der Waals surface area contributed by atoms with Crippen molar-refractivity contribution in [2.75, 3.05) is 0 Å². The topological polar surface area (TPSA) is 38.7 Å². The van der Waals surface area contributed by atoms with E-state index in [1.807, 2.05) is 0 Å². The van der Waals surface area contributed by atoms with Crippen LogP contribution in [-0.4, -0.2) is 39.2 Å². The van der Waals surface area contributed by atoms with Crippen LogP contribution in [0.2, 0.25) is 51.4 Å². The average Bonchev–Trinajstić information content (AvgIpc) is 3.04. The molecule has 0 radical (unpaired) electrons. The van der Waals surface area contributed by atoms with Gasteiger partial charge < -0.3 is 0 Å². The van der Waals surface area contributed by atoms with Gasteiger partial charge in [-0.15, -0.1) is 0 Å². The summed E-state index contributed by atoms with van der Waals surface area (Å²) in [4.78, 5) is 15.5. The number of hydrogen-bond donors (Lipinski definition) is 0. The van der Waals surface area contributed by atoms with E-state index in [0.717, 1.165) is 34.2 Å². The van der Waals surface area contributed by atoms with Gasteiger partial charge in [-0.1, -0.05) is 205 Å². The maximum Gasteiger partial charge on any atom is 0.164 e. The van der Waals surface area contributed by atoms with Crippen LogP contribution in [0.25, 0.3) is 34.2 Å². The minimum Gasteiger partial charge on any atom is -0.208 e. The number of nitrogens with zero attached hydrogens (tertiary/aromatic N) is 3. The van der Waals surface area contributed by atoms with Crippen molar-refractivity contribution in [3.63, 3.8) is 0 Å². The Kier molecular flexibility index (Phi) is 12.4. The van der Waals surface area contributed by atoms with Gasteiger partial charge in [0, 0.05) is 16.7 Å². The Labute approximate surface area is 315 Å². The molecule has 0 fully saturated rings. The molecule has 0 saturated carbocycles. The normalized spacial score (nSPS) is 13.5. The summed E-state index contributed by atoms with van der Waals surface area (Å²) < 4.78 is 0. The summed E-state index contributed by atoms with van der Waals surface area (Å²) in [6, 6.07) is 27.7. The largest absolute Gasteiger partial charge is 0.208 e. The molecule has 4 rings (SSSR count). The minimum atomic E-state index is -1.78. The SMILES string of the molecule is CC(C)[Si](c1ccc(-c2nc(-c3ccc([Si](C(C)C)(C(C)C)C(C)C)cc3)nc(-c3ccc([Si](C)(C)C(C)(C)C)cc3)n2)cc1)(C(C)C)C(C)C. The van der Waals surface area contributed by atoms with Crippen molar-refractivity contribution < 1.29 is 0 Å². The monoisotopic (exact) mass is 735 g/mol. The lowest BCUT2D eigenvalue weighted by Gasteiger charge is -2.43.